The lowest BCUT2D eigenvalue weighted by Crippen LogP contribution is -2.16. The van der Waals surface area contributed by atoms with Gasteiger partial charge in [0.1, 0.15) is 0 Å². The van der Waals surface area contributed by atoms with Crippen LogP contribution in [0.15, 0.2) is 18.2 Å². The summed E-state index contributed by atoms with van der Waals surface area (Å²) in [6.45, 7) is 0. The molecule has 1 fully saturated rings. The molecule has 1 aliphatic carbocycles. The molecule has 0 radical (unpaired) electrons. The molecule has 2 N–H and O–H groups in total. The molecule has 0 aliphatic heterocycles. The number of nitrogens with one attached hydrogen (secondary N) is 1. The van der Waals surface area contributed by atoms with E-state index in [0.29, 0.717) is 6.07 Å². The zero-order valence-electron chi connectivity index (χ0n) is 10.1. The summed E-state index contributed by atoms with van der Waals surface area (Å²) in [6, 6.07) is 2.99. The maximum atomic E-state index is 12.7. The number of aromatic carboxylic acids is 1. The predicted molar refractivity (Wildman–Crippen MR) is 64.3 cm³/mol. The number of hydrogen-bond acceptors (Lipinski definition) is 2. The van der Waals surface area contributed by atoms with Crippen LogP contribution in [0.2, 0.25) is 0 Å². The number of hydrogen-bond donors (Lipinski definition) is 2. The highest BCUT2D eigenvalue weighted by molar-refractivity contribution is 5.89. The number of carboxylic acids is 1. The van der Waals surface area contributed by atoms with Crippen molar-refractivity contribution in [1.29, 1.82) is 0 Å². The van der Waals surface area contributed by atoms with Crippen LogP contribution >= 0.6 is 0 Å². The lowest BCUT2D eigenvalue weighted by molar-refractivity contribution is -0.137. The molecule has 3 nitrogen and oxygen atoms in total. The Morgan fingerprint density at radius 1 is 1.21 bits per heavy atom. The molecule has 2 rings (SSSR count). The Kier molecular flexibility index (Phi) is 3.68. The monoisotopic (exact) mass is 273 g/mol. The summed E-state index contributed by atoms with van der Waals surface area (Å²) < 4.78 is 38.1. The molecule has 1 aliphatic rings. The van der Waals surface area contributed by atoms with Crippen LogP contribution in [0.1, 0.15) is 41.6 Å². The van der Waals surface area contributed by atoms with Gasteiger partial charge < -0.3 is 10.4 Å². The molecule has 0 amide bonds. The molecule has 1 aromatic carbocycles. The third kappa shape index (κ3) is 3.39. The molecule has 0 heterocycles. The van der Waals surface area contributed by atoms with Crippen molar-refractivity contribution < 1.29 is 23.1 Å². The average Bonchev–Trinajstić information content (AvgIpc) is 2.80. The fourth-order valence-electron chi connectivity index (χ4n) is 2.30. The van der Waals surface area contributed by atoms with E-state index in [-0.39, 0.29) is 17.3 Å². The summed E-state index contributed by atoms with van der Waals surface area (Å²) in [6.07, 6.45) is -0.653. The van der Waals surface area contributed by atoms with Gasteiger partial charge >= 0.3 is 12.1 Å². The molecule has 1 saturated carbocycles. The fourth-order valence-corrected chi connectivity index (χ4v) is 2.30. The van der Waals surface area contributed by atoms with Crippen LogP contribution < -0.4 is 5.32 Å². The Balaban J connectivity index is 2.31. The van der Waals surface area contributed by atoms with Crippen molar-refractivity contribution in [3.05, 3.63) is 29.3 Å². The number of anilines is 1. The van der Waals surface area contributed by atoms with Gasteiger partial charge in [-0.1, -0.05) is 12.8 Å². The zero-order chi connectivity index (χ0) is 14.0. The van der Waals surface area contributed by atoms with Gasteiger partial charge in [-0.25, -0.2) is 4.79 Å². The third-order valence-electron chi connectivity index (χ3n) is 3.23. The summed E-state index contributed by atoms with van der Waals surface area (Å²) in [5.41, 5.74) is -1.07. The molecule has 0 bridgehead atoms. The molecule has 19 heavy (non-hydrogen) atoms. The van der Waals surface area contributed by atoms with E-state index < -0.39 is 17.7 Å². The number of halogens is 3. The minimum atomic E-state index is -4.54. The van der Waals surface area contributed by atoms with Crippen LogP contribution in [0.25, 0.3) is 0 Å². The first-order valence-corrected chi connectivity index (χ1v) is 6.08. The van der Waals surface area contributed by atoms with Crippen molar-refractivity contribution in [3.63, 3.8) is 0 Å². The molecule has 0 atom stereocenters. The lowest BCUT2D eigenvalue weighted by Gasteiger charge is -2.16. The summed E-state index contributed by atoms with van der Waals surface area (Å²) in [5, 5.41) is 11.9. The lowest BCUT2D eigenvalue weighted by atomic mass is 10.1. The van der Waals surface area contributed by atoms with Gasteiger partial charge in [0.2, 0.25) is 0 Å². The van der Waals surface area contributed by atoms with Gasteiger partial charge in [-0.2, -0.15) is 13.2 Å². The average molecular weight is 273 g/mol. The number of alkyl halides is 3. The van der Waals surface area contributed by atoms with Gasteiger partial charge in [-0.3, -0.25) is 0 Å². The van der Waals surface area contributed by atoms with Crippen LogP contribution in [-0.4, -0.2) is 17.1 Å². The van der Waals surface area contributed by atoms with E-state index in [4.69, 9.17) is 5.11 Å². The van der Waals surface area contributed by atoms with Crippen molar-refractivity contribution >= 4 is 11.7 Å². The molecular weight excluding hydrogens is 259 g/mol. The van der Waals surface area contributed by atoms with Crippen LogP contribution in [0.4, 0.5) is 18.9 Å². The van der Waals surface area contributed by atoms with E-state index >= 15 is 0 Å². The Hall–Kier alpha value is -1.72. The summed E-state index contributed by atoms with van der Waals surface area (Å²) in [7, 11) is 0. The van der Waals surface area contributed by atoms with E-state index in [1.54, 1.807) is 0 Å². The highest BCUT2D eigenvalue weighted by Gasteiger charge is 2.32. The number of benzene rings is 1. The fraction of sp³-hybridized carbons (Fsp3) is 0.462. The molecule has 1 aromatic rings. The quantitative estimate of drug-likeness (QED) is 0.881. The highest BCUT2D eigenvalue weighted by Crippen LogP contribution is 2.33. The largest absolute Gasteiger partial charge is 0.478 e. The second kappa shape index (κ2) is 5.11. The first kappa shape index (κ1) is 13.7. The highest BCUT2D eigenvalue weighted by atomic mass is 19.4. The summed E-state index contributed by atoms with van der Waals surface area (Å²) in [5.74, 6) is -1.36. The molecule has 0 spiro atoms. The van der Waals surface area contributed by atoms with Gasteiger partial charge in [0.15, 0.2) is 0 Å². The van der Waals surface area contributed by atoms with Gasteiger partial charge in [0.25, 0.3) is 0 Å². The third-order valence-corrected chi connectivity index (χ3v) is 3.23. The van der Waals surface area contributed by atoms with Gasteiger partial charge in [0, 0.05) is 11.7 Å². The topological polar surface area (TPSA) is 49.3 Å². The number of rotatable bonds is 3. The first-order chi connectivity index (χ1) is 8.86. The molecule has 0 unspecified atom stereocenters. The van der Waals surface area contributed by atoms with Crippen molar-refractivity contribution in [1.82, 2.24) is 0 Å². The second-order valence-electron chi connectivity index (χ2n) is 4.73. The van der Waals surface area contributed by atoms with Crippen LogP contribution in [-0.2, 0) is 6.18 Å². The van der Waals surface area contributed by atoms with Crippen molar-refractivity contribution in [2.45, 2.75) is 37.9 Å². The SMILES string of the molecule is O=C(O)c1cc(NC2CCCC2)cc(C(F)(F)F)c1. The minimum Gasteiger partial charge on any atom is -0.478 e. The Morgan fingerprint density at radius 2 is 1.84 bits per heavy atom. The Morgan fingerprint density at radius 3 is 2.37 bits per heavy atom. The molecule has 0 saturated heterocycles. The second-order valence-corrected chi connectivity index (χ2v) is 4.73. The Bertz CT molecular complexity index is 479. The normalized spacial score (nSPS) is 16.6. The number of carboxylic acid groups (broad SMARTS) is 1. The molecule has 104 valence electrons. The van der Waals surface area contributed by atoms with E-state index in [0.717, 1.165) is 31.7 Å². The van der Waals surface area contributed by atoms with Gasteiger partial charge in [-0.05, 0) is 31.0 Å². The summed E-state index contributed by atoms with van der Waals surface area (Å²) >= 11 is 0. The maximum absolute atomic E-state index is 12.7. The standard InChI is InChI=1S/C13H14F3NO2/c14-13(15,16)9-5-8(12(18)19)6-11(7-9)17-10-3-1-2-4-10/h5-7,10,17H,1-4H2,(H,18,19). The van der Waals surface area contributed by atoms with Gasteiger partial charge in [0.05, 0.1) is 11.1 Å². The predicted octanol–water partition coefficient (Wildman–Crippen LogP) is 3.76. The maximum Gasteiger partial charge on any atom is 0.416 e. The van der Waals surface area contributed by atoms with E-state index in [1.165, 1.54) is 6.07 Å². The molecular formula is C13H14F3NO2. The number of carbonyl (C=O) groups is 1. The molecule has 0 aromatic heterocycles. The minimum absolute atomic E-state index is 0.130. The smallest absolute Gasteiger partial charge is 0.416 e. The van der Waals surface area contributed by atoms with E-state index in [9.17, 15) is 18.0 Å². The molecule has 6 heteroatoms. The van der Waals surface area contributed by atoms with E-state index in [2.05, 4.69) is 5.32 Å². The van der Waals surface area contributed by atoms with Crippen LogP contribution in [0, 0.1) is 0 Å². The van der Waals surface area contributed by atoms with Crippen molar-refractivity contribution in [3.8, 4) is 0 Å². The van der Waals surface area contributed by atoms with Gasteiger partial charge in [-0.15, -0.1) is 0 Å². The summed E-state index contributed by atoms with van der Waals surface area (Å²) in [4.78, 5) is 10.9. The van der Waals surface area contributed by atoms with E-state index in [1.807, 2.05) is 0 Å². The van der Waals surface area contributed by atoms with Crippen molar-refractivity contribution in [2.24, 2.45) is 0 Å². The van der Waals surface area contributed by atoms with Crippen molar-refractivity contribution in [2.75, 3.05) is 5.32 Å². The van der Waals surface area contributed by atoms with Crippen LogP contribution in [0.5, 0.6) is 0 Å². The van der Waals surface area contributed by atoms with Crippen LogP contribution in [0.3, 0.4) is 0 Å². The first-order valence-electron chi connectivity index (χ1n) is 6.08. The Labute approximate surface area is 108 Å². The zero-order valence-corrected chi connectivity index (χ0v) is 10.1.